The summed E-state index contributed by atoms with van der Waals surface area (Å²) in [7, 11) is -2.08. The van der Waals surface area contributed by atoms with Gasteiger partial charge in [-0.2, -0.15) is 0 Å². The van der Waals surface area contributed by atoms with Gasteiger partial charge in [-0.1, -0.05) is 15.9 Å². The van der Waals surface area contributed by atoms with Crippen molar-refractivity contribution in [2.24, 2.45) is 5.14 Å². The van der Waals surface area contributed by atoms with E-state index in [9.17, 15) is 13.2 Å². The highest BCUT2D eigenvalue weighted by molar-refractivity contribution is 9.10. The lowest BCUT2D eigenvalue weighted by molar-refractivity contribution is 0.0651. The fraction of sp³-hybridized carbons (Fsp3) is 0.417. The number of amides is 1. The van der Waals surface area contributed by atoms with Crippen molar-refractivity contribution in [3.63, 3.8) is 0 Å². The zero-order chi connectivity index (χ0) is 14.2. The van der Waals surface area contributed by atoms with E-state index >= 15 is 0 Å². The van der Waals surface area contributed by atoms with Gasteiger partial charge in [-0.25, -0.2) is 13.6 Å². The zero-order valence-corrected chi connectivity index (χ0v) is 12.9. The molecule has 5 nitrogen and oxygen atoms in total. The zero-order valence-electron chi connectivity index (χ0n) is 10.5. The van der Waals surface area contributed by atoms with E-state index in [0.717, 1.165) is 19.3 Å². The van der Waals surface area contributed by atoms with Crippen LogP contribution in [0, 0.1) is 0 Å². The third-order valence-electron chi connectivity index (χ3n) is 3.39. The summed E-state index contributed by atoms with van der Waals surface area (Å²) in [5, 5.41) is 5.09. The van der Waals surface area contributed by atoms with Crippen molar-refractivity contribution in [3.8, 4) is 0 Å². The molecule has 0 spiro atoms. The minimum Gasteiger partial charge on any atom is -0.339 e. The van der Waals surface area contributed by atoms with E-state index in [1.807, 2.05) is 0 Å². The highest BCUT2D eigenvalue weighted by Crippen LogP contribution is 2.26. The Labute approximate surface area is 121 Å². The van der Waals surface area contributed by atoms with Crippen LogP contribution < -0.4 is 5.14 Å². The number of sulfonamides is 1. The van der Waals surface area contributed by atoms with Crippen LogP contribution in [0.5, 0.6) is 0 Å². The summed E-state index contributed by atoms with van der Waals surface area (Å²) in [6, 6.07) is 4.56. The highest BCUT2D eigenvalue weighted by atomic mass is 79.9. The topological polar surface area (TPSA) is 80.5 Å². The van der Waals surface area contributed by atoms with Crippen LogP contribution >= 0.6 is 15.9 Å². The second-order valence-corrected chi connectivity index (χ2v) is 7.20. The predicted molar refractivity (Wildman–Crippen MR) is 75.2 cm³/mol. The van der Waals surface area contributed by atoms with Crippen molar-refractivity contribution in [1.29, 1.82) is 0 Å². The van der Waals surface area contributed by atoms with Gasteiger partial charge in [-0.3, -0.25) is 4.79 Å². The minimum atomic E-state index is -3.82. The molecule has 0 bridgehead atoms. The van der Waals surface area contributed by atoms with Crippen molar-refractivity contribution in [2.45, 2.75) is 30.2 Å². The maximum absolute atomic E-state index is 12.3. The van der Waals surface area contributed by atoms with Crippen molar-refractivity contribution in [2.75, 3.05) is 7.05 Å². The molecule has 0 aliphatic heterocycles. The first-order valence-corrected chi connectivity index (χ1v) is 8.23. The Bertz CT molecular complexity index is 611. The molecule has 1 aromatic carbocycles. The summed E-state index contributed by atoms with van der Waals surface area (Å²) in [4.78, 5) is 13.9. The van der Waals surface area contributed by atoms with Crippen LogP contribution in [0.1, 0.15) is 29.6 Å². The number of carbonyl (C=O) groups is 1. The van der Waals surface area contributed by atoms with Crippen LogP contribution in [0.2, 0.25) is 0 Å². The summed E-state index contributed by atoms with van der Waals surface area (Å²) in [5.74, 6) is -0.184. The summed E-state index contributed by atoms with van der Waals surface area (Å²) >= 11 is 3.20. The SMILES string of the molecule is CN(C(=O)c1cc(Br)cc(S(N)(=O)=O)c1)C1CCC1. The largest absolute Gasteiger partial charge is 0.339 e. The van der Waals surface area contributed by atoms with Crippen LogP contribution in [0.25, 0.3) is 0 Å². The molecular weight excluding hydrogens is 332 g/mol. The molecule has 1 aliphatic rings. The average Bonchev–Trinajstić information content (AvgIpc) is 2.23. The van der Waals surface area contributed by atoms with Crippen LogP contribution in [-0.2, 0) is 10.0 Å². The van der Waals surface area contributed by atoms with Crippen molar-refractivity contribution in [3.05, 3.63) is 28.2 Å². The molecule has 0 atom stereocenters. The Morgan fingerprint density at radius 3 is 2.47 bits per heavy atom. The van der Waals surface area contributed by atoms with Crippen LogP contribution in [0.4, 0.5) is 0 Å². The summed E-state index contributed by atoms with van der Waals surface area (Å²) in [6.07, 6.45) is 3.12. The van der Waals surface area contributed by atoms with Gasteiger partial charge in [0.05, 0.1) is 4.90 Å². The first-order chi connectivity index (χ1) is 8.79. The Morgan fingerprint density at radius 1 is 1.37 bits per heavy atom. The molecule has 0 unspecified atom stereocenters. The number of carbonyl (C=O) groups excluding carboxylic acids is 1. The highest BCUT2D eigenvalue weighted by Gasteiger charge is 2.27. The quantitative estimate of drug-likeness (QED) is 0.904. The molecule has 19 heavy (non-hydrogen) atoms. The maximum atomic E-state index is 12.3. The van der Waals surface area contributed by atoms with Gasteiger partial charge in [0.1, 0.15) is 0 Å². The molecule has 0 heterocycles. The van der Waals surface area contributed by atoms with Crippen LogP contribution in [-0.4, -0.2) is 32.3 Å². The molecule has 0 saturated heterocycles. The second kappa shape index (κ2) is 5.22. The van der Waals surface area contributed by atoms with Crippen LogP contribution in [0.3, 0.4) is 0 Å². The molecule has 0 radical (unpaired) electrons. The van der Waals surface area contributed by atoms with Gasteiger partial charge in [0.15, 0.2) is 0 Å². The standard InChI is InChI=1S/C12H15BrN2O3S/c1-15(10-3-2-4-10)12(16)8-5-9(13)7-11(6-8)19(14,17)18/h5-7,10H,2-4H2,1H3,(H2,14,17,18). The molecule has 2 N–H and O–H groups in total. The molecule has 104 valence electrons. The monoisotopic (exact) mass is 346 g/mol. The first-order valence-electron chi connectivity index (χ1n) is 5.89. The van der Waals surface area contributed by atoms with Gasteiger partial charge >= 0.3 is 0 Å². The molecule has 7 heteroatoms. The predicted octanol–water partition coefficient (Wildman–Crippen LogP) is 1.72. The van der Waals surface area contributed by atoms with E-state index in [1.165, 1.54) is 12.1 Å². The van der Waals surface area contributed by atoms with Gasteiger partial charge in [0.25, 0.3) is 5.91 Å². The lowest BCUT2D eigenvalue weighted by Crippen LogP contribution is -2.41. The number of rotatable bonds is 3. The van der Waals surface area contributed by atoms with Gasteiger partial charge < -0.3 is 4.90 Å². The number of benzene rings is 1. The number of primary sulfonamides is 1. The Balaban J connectivity index is 2.34. The Hall–Kier alpha value is -0.920. The number of nitrogens with two attached hydrogens (primary N) is 1. The minimum absolute atomic E-state index is 0.0627. The van der Waals surface area contributed by atoms with E-state index in [-0.39, 0.29) is 16.8 Å². The first kappa shape index (κ1) is 14.5. The Morgan fingerprint density at radius 2 is 2.00 bits per heavy atom. The molecule has 1 aromatic rings. The normalized spacial score (nSPS) is 15.9. The number of halogens is 1. The molecule has 0 aromatic heterocycles. The van der Waals surface area contributed by atoms with E-state index in [2.05, 4.69) is 15.9 Å². The van der Waals surface area contributed by atoms with Crippen molar-refractivity contribution >= 4 is 31.9 Å². The number of hydrogen-bond acceptors (Lipinski definition) is 3. The lowest BCUT2D eigenvalue weighted by Gasteiger charge is -2.34. The van der Waals surface area contributed by atoms with E-state index in [1.54, 1.807) is 18.0 Å². The molecule has 1 saturated carbocycles. The van der Waals surface area contributed by atoms with E-state index < -0.39 is 10.0 Å². The maximum Gasteiger partial charge on any atom is 0.253 e. The van der Waals surface area contributed by atoms with Gasteiger partial charge in [-0.05, 0) is 37.5 Å². The van der Waals surface area contributed by atoms with Gasteiger partial charge in [0, 0.05) is 23.1 Å². The number of nitrogens with zero attached hydrogens (tertiary/aromatic N) is 1. The third-order valence-corrected chi connectivity index (χ3v) is 4.74. The fourth-order valence-corrected chi connectivity index (χ4v) is 3.22. The molecule has 2 rings (SSSR count). The number of hydrogen-bond donors (Lipinski definition) is 1. The van der Waals surface area contributed by atoms with Gasteiger partial charge in [-0.15, -0.1) is 0 Å². The summed E-state index contributed by atoms with van der Waals surface area (Å²) < 4.78 is 23.2. The van der Waals surface area contributed by atoms with Crippen molar-refractivity contribution in [1.82, 2.24) is 4.90 Å². The smallest absolute Gasteiger partial charge is 0.253 e. The van der Waals surface area contributed by atoms with Gasteiger partial charge in [0.2, 0.25) is 10.0 Å². The van der Waals surface area contributed by atoms with Crippen LogP contribution in [0.15, 0.2) is 27.6 Å². The Kier molecular flexibility index (Phi) is 3.98. The summed E-state index contributed by atoms with van der Waals surface area (Å²) in [5.41, 5.74) is 0.327. The molecule has 1 aliphatic carbocycles. The van der Waals surface area contributed by atoms with E-state index in [0.29, 0.717) is 10.0 Å². The lowest BCUT2D eigenvalue weighted by atomic mass is 9.91. The average molecular weight is 347 g/mol. The van der Waals surface area contributed by atoms with E-state index in [4.69, 9.17) is 5.14 Å². The second-order valence-electron chi connectivity index (χ2n) is 4.72. The third kappa shape index (κ3) is 3.16. The van der Waals surface area contributed by atoms with Crippen molar-refractivity contribution < 1.29 is 13.2 Å². The summed E-state index contributed by atoms with van der Waals surface area (Å²) in [6.45, 7) is 0. The fourth-order valence-electron chi connectivity index (χ4n) is 1.99. The molecule has 1 fully saturated rings. The molecule has 1 amide bonds. The molecular formula is C12H15BrN2O3S.